The minimum absolute atomic E-state index is 0.00139. The van der Waals surface area contributed by atoms with Crippen LogP contribution in [0.4, 0.5) is 15.8 Å². The van der Waals surface area contributed by atoms with Crippen LogP contribution in [0, 0.1) is 11.7 Å². The average molecular weight is 626 g/mol. The van der Waals surface area contributed by atoms with E-state index >= 15 is 4.39 Å². The molecule has 43 heavy (non-hydrogen) atoms. The normalized spacial score (nSPS) is 27.7. The number of nitrogen functional groups attached to an aromatic ring is 1. The topological polar surface area (TPSA) is 106 Å². The minimum atomic E-state index is -1.18. The van der Waals surface area contributed by atoms with Crippen molar-refractivity contribution in [2.75, 3.05) is 31.8 Å². The lowest BCUT2D eigenvalue weighted by Gasteiger charge is -2.41. The predicted molar refractivity (Wildman–Crippen MR) is 162 cm³/mol. The second-order valence-corrected chi connectivity index (χ2v) is 12.7. The van der Waals surface area contributed by atoms with Crippen LogP contribution in [-0.4, -0.2) is 49.6 Å². The number of ether oxygens (including phenoxy) is 2. The van der Waals surface area contributed by atoms with E-state index in [0.29, 0.717) is 40.8 Å². The molecule has 1 unspecified atom stereocenters. The molecule has 3 heterocycles. The number of amides is 1. The lowest BCUT2D eigenvalue weighted by Crippen LogP contribution is -2.53. The van der Waals surface area contributed by atoms with Gasteiger partial charge in [0.15, 0.2) is 5.75 Å². The first-order valence-electron chi connectivity index (χ1n) is 14.3. The molecule has 5 atom stereocenters. The number of hydrogen-bond acceptors (Lipinski definition) is 7. The summed E-state index contributed by atoms with van der Waals surface area (Å²) in [5.74, 6) is -1.23. The van der Waals surface area contributed by atoms with E-state index in [9.17, 15) is 9.59 Å². The third kappa shape index (κ3) is 4.16. The molecule has 8 nitrogen and oxygen atoms in total. The number of benzene rings is 3. The molecule has 3 fully saturated rings. The number of methoxy groups -OCH3 is 2. The van der Waals surface area contributed by atoms with Crippen LogP contribution in [0.3, 0.4) is 0 Å². The van der Waals surface area contributed by atoms with E-state index in [1.54, 1.807) is 36.4 Å². The molecule has 1 aliphatic carbocycles. The number of nitrogens with one attached hydrogen (secondary N) is 2. The van der Waals surface area contributed by atoms with Crippen molar-refractivity contribution < 1.29 is 23.5 Å². The highest BCUT2D eigenvalue weighted by Crippen LogP contribution is 2.61. The number of fused-ring (bicyclic) bond motifs is 3. The van der Waals surface area contributed by atoms with E-state index in [0.717, 1.165) is 24.0 Å². The van der Waals surface area contributed by atoms with E-state index < -0.39 is 23.2 Å². The van der Waals surface area contributed by atoms with Crippen LogP contribution in [-0.2, 0) is 15.1 Å². The summed E-state index contributed by atoms with van der Waals surface area (Å²) in [5.41, 5.74) is 8.53. The number of nitrogens with two attached hydrogens (primary N) is 1. The summed E-state index contributed by atoms with van der Waals surface area (Å²) in [7, 11) is 2.76. The Kier molecular flexibility index (Phi) is 6.85. The SMILES string of the molecule is COC(=O)c1ccc(C2C[C@H]3[C@@H](N2)[C@H](c2cccc(Cl)c2F)[C@]2(C(=O)Nc4cc(Cl)ccc42)N3CC2CC2)c(N)c1OC. The van der Waals surface area contributed by atoms with Crippen molar-refractivity contribution in [3.05, 3.63) is 86.6 Å². The van der Waals surface area contributed by atoms with Crippen molar-refractivity contribution in [3.63, 3.8) is 0 Å². The number of carbonyl (C=O) groups excluding carboxylic acids is 2. The minimum Gasteiger partial charge on any atom is -0.494 e. The molecule has 0 radical (unpaired) electrons. The summed E-state index contributed by atoms with van der Waals surface area (Å²) >= 11 is 12.7. The van der Waals surface area contributed by atoms with Gasteiger partial charge in [-0.3, -0.25) is 9.69 Å². The number of esters is 1. The summed E-state index contributed by atoms with van der Waals surface area (Å²) in [5, 5.41) is 7.33. The molecule has 4 N–H and O–H groups in total. The van der Waals surface area contributed by atoms with Gasteiger partial charge in [0.05, 0.1) is 24.9 Å². The highest BCUT2D eigenvalue weighted by Gasteiger charge is 2.69. The molecule has 3 aromatic rings. The highest BCUT2D eigenvalue weighted by molar-refractivity contribution is 6.31. The zero-order chi connectivity index (χ0) is 30.2. The Morgan fingerprint density at radius 2 is 1.93 bits per heavy atom. The number of likely N-dealkylation sites (tertiary alicyclic amines) is 1. The molecule has 1 amide bonds. The van der Waals surface area contributed by atoms with Crippen molar-refractivity contribution >= 4 is 46.5 Å². The molecule has 11 heteroatoms. The van der Waals surface area contributed by atoms with Crippen LogP contribution in [0.5, 0.6) is 5.75 Å². The van der Waals surface area contributed by atoms with E-state index in [1.807, 2.05) is 6.07 Å². The predicted octanol–water partition coefficient (Wildman–Crippen LogP) is 5.64. The summed E-state index contributed by atoms with van der Waals surface area (Å²) < 4.78 is 26.5. The number of rotatable bonds is 6. The smallest absolute Gasteiger partial charge is 0.341 e. The van der Waals surface area contributed by atoms with Gasteiger partial charge in [0.2, 0.25) is 5.91 Å². The van der Waals surface area contributed by atoms with Crippen LogP contribution in [0.2, 0.25) is 10.0 Å². The van der Waals surface area contributed by atoms with Gasteiger partial charge in [0, 0.05) is 46.9 Å². The molecule has 3 aliphatic heterocycles. The Bertz CT molecular complexity index is 1670. The summed E-state index contributed by atoms with van der Waals surface area (Å²) in [6.07, 6.45) is 2.75. The van der Waals surface area contributed by atoms with Crippen molar-refractivity contribution in [3.8, 4) is 5.75 Å². The van der Waals surface area contributed by atoms with Crippen molar-refractivity contribution in [2.45, 2.75) is 48.8 Å². The maximum absolute atomic E-state index is 16.0. The van der Waals surface area contributed by atoms with E-state index in [-0.39, 0.29) is 40.4 Å². The second kappa shape index (κ2) is 10.4. The van der Waals surface area contributed by atoms with Gasteiger partial charge in [0.1, 0.15) is 16.9 Å². The first-order chi connectivity index (χ1) is 20.7. The van der Waals surface area contributed by atoms with Crippen LogP contribution in [0.25, 0.3) is 0 Å². The third-order valence-corrected chi connectivity index (χ3v) is 10.1. The molecule has 1 spiro atoms. The summed E-state index contributed by atoms with van der Waals surface area (Å²) in [6.45, 7) is 0.684. The van der Waals surface area contributed by atoms with Gasteiger partial charge < -0.3 is 25.8 Å². The fourth-order valence-corrected chi connectivity index (χ4v) is 8.04. The molecule has 224 valence electrons. The Morgan fingerprint density at radius 1 is 1.14 bits per heavy atom. The fraction of sp³-hybridized carbons (Fsp3) is 0.375. The van der Waals surface area contributed by atoms with Gasteiger partial charge in [-0.2, -0.15) is 0 Å². The van der Waals surface area contributed by atoms with E-state index in [4.69, 9.17) is 38.4 Å². The maximum Gasteiger partial charge on any atom is 0.341 e. The third-order valence-electron chi connectivity index (χ3n) is 9.62. The van der Waals surface area contributed by atoms with Gasteiger partial charge in [-0.1, -0.05) is 47.5 Å². The quantitative estimate of drug-likeness (QED) is 0.241. The largest absolute Gasteiger partial charge is 0.494 e. The summed E-state index contributed by atoms with van der Waals surface area (Å²) in [6, 6.07) is 13.1. The molecule has 3 aromatic carbocycles. The van der Waals surface area contributed by atoms with E-state index in [2.05, 4.69) is 15.5 Å². The molecule has 0 bridgehead atoms. The monoisotopic (exact) mass is 624 g/mol. The summed E-state index contributed by atoms with van der Waals surface area (Å²) in [4.78, 5) is 29.0. The first-order valence-corrected chi connectivity index (χ1v) is 15.1. The number of hydrogen-bond donors (Lipinski definition) is 3. The number of anilines is 2. The van der Waals surface area contributed by atoms with Crippen LogP contribution in [0.1, 0.15) is 58.3 Å². The molecular weight excluding hydrogens is 594 g/mol. The fourth-order valence-electron chi connectivity index (χ4n) is 7.69. The highest BCUT2D eigenvalue weighted by atomic mass is 35.5. The van der Waals surface area contributed by atoms with Gasteiger partial charge in [-0.05, 0) is 60.6 Å². The Morgan fingerprint density at radius 3 is 2.65 bits per heavy atom. The Hall–Kier alpha value is -3.37. The first kappa shape index (κ1) is 28.4. The number of carbonyl (C=O) groups is 2. The van der Waals surface area contributed by atoms with Crippen LogP contribution in [0.15, 0.2) is 48.5 Å². The van der Waals surface area contributed by atoms with Crippen LogP contribution >= 0.6 is 23.2 Å². The van der Waals surface area contributed by atoms with Crippen molar-refractivity contribution in [1.82, 2.24) is 10.2 Å². The Balaban J connectivity index is 1.39. The molecule has 2 saturated heterocycles. The lowest BCUT2D eigenvalue weighted by atomic mass is 9.73. The molecule has 0 aromatic heterocycles. The van der Waals surface area contributed by atoms with Gasteiger partial charge in [-0.15, -0.1) is 0 Å². The Labute approximate surface area is 258 Å². The van der Waals surface area contributed by atoms with Gasteiger partial charge >= 0.3 is 5.97 Å². The number of nitrogens with zero attached hydrogens (tertiary/aromatic N) is 1. The zero-order valence-corrected chi connectivity index (χ0v) is 25.1. The molecule has 7 rings (SSSR count). The lowest BCUT2D eigenvalue weighted by molar-refractivity contribution is -0.128. The maximum atomic E-state index is 16.0. The average Bonchev–Trinajstić information content (AvgIpc) is 3.56. The van der Waals surface area contributed by atoms with Crippen molar-refractivity contribution in [2.24, 2.45) is 5.92 Å². The van der Waals surface area contributed by atoms with Gasteiger partial charge in [-0.25, -0.2) is 9.18 Å². The van der Waals surface area contributed by atoms with E-state index in [1.165, 1.54) is 20.3 Å². The molecule has 1 saturated carbocycles. The molecule has 4 aliphatic rings. The van der Waals surface area contributed by atoms with Gasteiger partial charge in [0.25, 0.3) is 0 Å². The standard InChI is InChI=1S/C32H31Cl2FN4O4/c1-42-29-19(30(40)43-2)10-9-17(27(29)36)22-13-24-28(37-22)25(18-4-3-5-21(34)26(18)35)32(39(24)14-15-6-7-15)20-11-8-16(33)12-23(20)38-31(32)41/h3-5,8-12,15,22,24-25,28,37H,6-7,13-14,36H2,1-2H3,(H,38,41)/t22?,24-,25-,28+,32+/m0/s1. The van der Waals surface area contributed by atoms with Crippen molar-refractivity contribution in [1.29, 1.82) is 0 Å². The second-order valence-electron chi connectivity index (χ2n) is 11.8. The number of halogens is 3. The zero-order valence-electron chi connectivity index (χ0n) is 23.6. The molecular formula is C32H31Cl2FN4O4. The van der Waals surface area contributed by atoms with Crippen LogP contribution < -0.4 is 21.1 Å².